The SMILES string of the molecule is C=C(C)CN=C(NCCc1ccco1)NC1C2CCOC2C12CCC2.I. The monoisotopic (exact) mass is 471 g/mol. The van der Waals surface area contributed by atoms with Gasteiger partial charge < -0.3 is 19.8 Å². The number of halogens is 1. The van der Waals surface area contributed by atoms with Crippen molar-refractivity contribution in [3.63, 3.8) is 0 Å². The molecule has 3 fully saturated rings. The molecule has 2 heterocycles. The molecule has 2 N–H and O–H groups in total. The van der Waals surface area contributed by atoms with Crippen molar-refractivity contribution in [1.82, 2.24) is 10.6 Å². The maximum atomic E-state index is 6.02. The van der Waals surface area contributed by atoms with E-state index in [-0.39, 0.29) is 24.0 Å². The van der Waals surface area contributed by atoms with Crippen LogP contribution in [0.15, 0.2) is 40.0 Å². The first kappa shape index (κ1) is 19.7. The number of guanidine groups is 1. The van der Waals surface area contributed by atoms with E-state index in [1.807, 2.05) is 19.1 Å². The Morgan fingerprint density at radius 2 is 2.27 bits per heavy atom. The molecule has 3 aliphatic rings. The van der Waals surface area contributed by atoms with Gasteiger partial charge in [0, 0.05) is 36.9 Å². The van der Waals surface area contributed by atoms with Gasteiger partial charge >= 0.3 is 0 Å². The van der Waals surface area contributed by atoms with Gasteiger partial charge in [0.2, 0.25) is 0 Å². The zero-order chi connectivity index (χ0) is 17.3. The third-order valence-electron chi connectivity index (χ3n) is 6.08. The lowest BCUT2D eigenvalue weighted by Crippen LogP contribution is -2.72. The zero-order valence-corrected chi connectivity index (χ0v) is 17.8. The molecule has 0 amide bonds. The summed E-state index contributed by atoms with van der Waals surface area (Å²) >= 11 is 0. The lowest BCUT2D eigenvalue weighted by molar-refractivity contribution is -0.171. The Morgan fingerprint density at radius 1 is 1.42 bits per heavy atom. The van der Waals surface area contributed by atoms with Crippen LogP contribution in [-0.2, 0) is 11.2 Å². The van der Waals surface area contributed by atoms with Gasteiger partial charge in [-0.05, 0) is 38.3 Å². The molecule has 3 atom stereocenters. The second-order valence-corrected chi connectivity index (χ2v) is 7.83. The third kappa shape index (κ3) is 3.67. The van der Waals surface area contributed by atoms with E-state index in [9.17, 15) is 0 Å². The molecular weight excluding hydrogens is 441 g/mol. The van der Waals surface area contributed by atoms with Crippen LogP contribution in [0, 0.1) is 11.3 Å². The molecular formula is C20H30IN3O2. The average Bonchev–Trinajstić information content (AvgIpc) is 3.18. The van der Waals surface area contributed by atoms with E-state index >= 15 is 0 Å². The highest BCUT2D eigenvalue weighted by molar-refractivity contribution is 14.0. The fourth-order valence-corrected chi connectivity index (χ4v) is 4.73. The Kier molecular flexibility index (Phi) is 6.33. The van der Waals surface area contributed by atoms with Crippen LogP contribution >= 0.6 is 24.0 Å². The minimum Gasteiger partial charge on any atom is -0.469 e. The summed E-state index contributed by atoms with van der Waals surface area (Å²) in [5, 5.41) is 7.22. The third-order valence-corrected chi connectivity index (χ3v) is 6.08. The first-order valence-corrected chi connectivity index (χ1v) is 9.52. The van der Waals surface area contributed by atoms with Crippen molar-refractivity contribution in [2.45, 2.75) is 51.2 Å². The Labute approximate surface area is 173 Å². The molecule has 144 valence electrons. The van der Waals surface area contributed by atoms with Crippen LogP contribution in [0.1, 0.15) is 38.4 Å². The van der Waals surface area contributed by atoms with Crippen LogP contribution in [-0.4, -0.2) is 37.8 Å². The van der Waals surface area contributed by atoms with Crippen LogP contribution in [0.2, 0.25) is 0 Å². The van der Waals surface area contributed by atoms with Gasteiger partial charge in [-0.1, -0.05) is 18.6 Å². The van der Waals surface area contributed by atoms with Gasteiger partial charge in [-0.15, -0.1) is 24.0 Å². The largest absolute Gasteiger partial charge is 0.469 e. The average molecular weight is 471 g/mol. The molecule has 4 rings (SSSR count). The van der Waals surface area contributed by atoms with Crippen LogP contribution in [0.4, 0.5) is 0 Å². The normalized spacial score (nSPS) is 28.5. The first-order chi connectivity index (χ1) is 12.2. The fourth-order valence-electron chi connectivity index (χ4n) is 4.73. The van der Waals surface area contributed by atoms with Crippen molar-refractivity contribution in [2.24, 2.45) is 16.3 Å². The first-order valence-electron chi connectivity index (χ1n) is 9.52. The standard InChI is InChI=1S/C20H29N3O2.HI/c1-14(2)13-22-19(21-10-6-15-5-3-11-24-15)23-17-16-7-12-25-18(16)20(17)8-4-9-20;/h3,5,11,16-18H,1,4,6-10,12-13H2,2H3,(H2,21,22,23);1H. The van der Waals surface area contributed by atoms with Crippen molar-refractivity contribution in [1.29, 1.82) is 0 Å². The van der Waals surface area contributed by atoms with Crippen molar-refractivity contribution in [3.8, 4) is 0 Å². The number of ether oxygens (including phenoxy) is 1. The summed E-state index contributed by atoms with van der Waals surface area (Å²) in [6, 6.07) is 4.43. The summed E-state index contributed by atoms with van der Waals surface area (Å²) in [5.41, 5.74) is 1.43. The number of nitrogens with one attached hydrogen (secondary N) is 2. The molecule has 1 aliphatic heterocycles. The van der Waals surface area contributed by atoms with E-state index in [0.717, 1.165) is 36.9 Å². The Bertz CT molecular complexity index is 639. The summed E-state index contributed by atoms with van der Waals surface area (Å²) < 4.78 is 11.4. The van der Waals surface area contributed by atoms with Crippen molar-refractivity contribution in [3.05, 3.63) is 36.3 Å². The van der Waals surface area contributed by atoms with E-state index in [4.69, 9.17) is 14.1 Å². The molecule has 0 aromatic carbocycles. The molecule has 1 aromatic rings. The van der Waals surface area contributed by atoms with Gasteiger partial charge in [0.1, 0.15) is 5.76 Å². The summed E-state index contributed by atoms with van der Waals surface area (Å²) in [4.78, 5) is 4.73. The van der Waals surface area contributed by atoms with Crippen LogP contribution < -0.4 is 10.6 Å². The maximum absolute atomic E-state index is 6.02. The summed E-state index contributed by atoms with van der Waals surface area (Å²) in [6.07, 6.45) is 8.12. The Morgan fingerprint density at radius 3 is 2.92 bits per heavy atom. The van der Waals surface area contributed by atoms with Gasteiger partial charge in [-0.25, -0.2) is 4.99 Å². The number of hydrogen-bond acceptors (Lipinski definition) is 3. The van der Waals surface area contributed by atoms with E-state index < -0.39 is 0 Å². The molecule has 1 saturated heterocycles. The number of rotatable bonds is 6. The van der Waals surface area contributed by atoms with Crippen molar-refractivity contribution in [2.75, 3.05) is 19.7 Å². The molecule has 1 spiro atoms. The van der Waals surface area contributed by atoms with Crippen LogP contribution in [0.25, 0.3) is 0 Å². The van der Waals surface area contributed by atoms with Crippen molar-refractivity contribution >= 4 is 29.9 Å². The van der Waals surface area contributed by atoms with Crippen molar-refractivity contribution < 1.29 is 9.15 Å². The van der Waals surface area contributed by atoms with E-state index in [0.29, 0.717) is 30.0 Å². The van der Waals surface area contributed by atoms with Gasteiger partial charge in [0.25, 0.3) is 0 Å². The predicted octanol–water partition coefficient (Wildman–Crippen LogP) is 3.51. The summed E-state index contributed by atoms with van der Waals surface area (Å²) in [5.74, 6) is 2.54. The smallest absolute Gasteiger partial charge is 0.191 e. The molecule has 6 heteroatoms. The maximum Gasteiger partial charge on any atom is 0.191 e. The topological polar surface area (TPSA) is 58.8 Å². The predicted molar refractivity (Wildman–Crippen MR) is 114 cm³/mol. The number of fused-ring (bicyclic) bond motifs is 2. The molecule has 1 aromatic heterocycles. The molecule has 5 nitrogen and oxygen atoms in total. The highest BCUT2D eigenvalue weighted by atomic mass is 127. The zero-order valence-electron chi connectivity index (χ0n) is 15.5. The van der Waals surface area contributed by atoms with E-state index in [1.54, 1.807) is 6.26 Å². The summed E-state index contributed by atoms with van der Waals surface area (Å²) in [6.45, 7) is 8.36. The quantitative estimate of drug-likeness (QED) is 0.289. The number of aliphatic imine (C=N–C) groups is 1. The second kappa shape index (κ2) is 8.33. The molecule has 0 bridgehead atoms. The van der Waals surface area contributed by atoms with Gasteiger partial charge in [0.15, 0.2) is 5.96 Å². The lowest BCUT2D eigenvalue weighted by Gasteiger charge is -2.63. The highest BCUT2D eigenvalue weighted by Crippen LogP contribution is 2.62. The molecule has 2 aliphatic carbocycles. The fraction of sp³-hybridized carbons (Fsp3) is 0.650. The van der Waals surface area contributed by atoms with E-state index in [2.05, 4.69) is 17.2 Å². The minimum atomic E-state index is 0. The van der Waals surface area contributed by atoms with Gasteiger partial charge in [-0.3, -0.25) is 0 Å². The van der Waals surface area contributed by atoms with Crippen LogP contribution in [0.3, 0.4) is 0 Å². The molecule has 3 unspecified atom stereocenters. The van der Waals surface area contributed by atoms with E-state index in [1.165, 1.54) is 25.7 Å². The van der Waals surface area contributed by atoms with Gasteiger partial charge in [-0.2, -0.15) is 0 Å². The van der Waals surface area contributed by atoms with Crippen LogP contribution in [0.5, 0.6) is 0 Å². The lowest BCUT2D eigenvalue weighted by atomic mass is 9.46. The minimum absolute atomic E-state index is 0. The number of furan rings is 1. The molecule has 0 radical (unpaired) electrons. The highest BCUT2D eigenvalue weighted by Gasteiger charge is 2.66. The Hall–Kier alpha value is -1.02. The van der Waals surface area contributed by atoms with Gasteiger partial charge in [0.05, 0.1) is 18.9 Å². The summed E-state index contributed by atoms with van der Waals surface area (Å²) in [7, 11) is 0. The number of nitrogens with zero attached hydrogens (tertiary/aromatic N) is 1. The molecule has 26 heavy (non-hydrogen) atoms. The number of hydrogen-bond donors (Lipinski definition) is 2. The molecule has 2 saturated carbocycles. The second-order valence-electron chi connectivity index (χ2n) is 7.83. The Balaban J connectivity index is 0.00000196.